The summed E-state index contributed by atoms with van der Waals surface area (Å²) in [7, 11) is 1.70. The average Bonchev–Trinajstić information content (AvgIpc) is 2.36. The highest BCUT2D eigenvalue weighted by Gasteiger charge is 2.09. The molecule has 1 amide bonds. The summed E-state index contributed by atoms with van der Waals surface area (Å²) in [5, 5.41) is 11.7. The van der Waals surface area contributed by atoms with E-state index in [0.717, 1.165) is 0 Å². The van der Waals surface area contributed by atoms with Gasteiger partial charge in [0.2, 0.25) is 5.91 Å². The van der Waals surface area contributed by atoms with Crippen LogP contribution >= 0.6 is 0 Å². The Morgan fingerprint density at radius 2 is 2.11 bits per heavy atom. The first-order valence-electron chi connectivity index (χ1n) is 5.56. The van der Waals surface area contributed by atoms with Crippen LogP contribution in [0.3, 0.4) is 0 Å². The van der Waals surface area contributed by atoms with E-state index in [1.807, 2.05) is 6.92 Å². The van der Waals surface area contributed by atoms with Crippen molar-refractivity contribution in [1.29, 1.82) is 0 Å². The number of hydrogen-bond donors (Lipinski definition) is 3. The van der Waals surface area contributed by atoms with Gasteiger partial charge in [0.1, 0.15) is 0 Å². The Bertz CT molecular complexity index is 460. The first-order chi connectivity index (χ1) is 8.45. The zero-order chi connectivity index (χ0) is 13.7. The Labute approximate surface area is 105 Å². The lowest BCUT2D eigenvalue weighted by Crippen LogP contribution is -2.32. The third kappa shape index (κ3) is 3.38. The molecule has 0 aliphatic carbocycles. The van der Waals surface area contributed by atoms with Crippen LogP contribution in [0.5, 0.6) is 0 Å². The van der Waals surface area contributed by atoms with Crippen LogP contribution in [0.2, 0.25) is 0 Å². The molecule has 0 spiro atoms. The van der Waals surface area contributed by atoms with E-state index in [1.165, 1.54) is 18.2 Å². The fraction of sp³-hybridized carbons (Fsp3) is 0.333. The van der Waals surface area contributed by atoms with Crippen LogP contribution in [-0.4, -0.2) is 42.0 Å². The van der Waals surface area contributed by atoms with E-state index in [9.17, 15) is 9.59 Å². The molecule has 0 aliphatic heterocycles. The molecule has 1 aromatic rings. The first-order valence-corrected chi connectivity index (χ1v) is 5.56. The third-order valence-corrected chi connectivity index (χ3v) is 2.63. The van der Waals surface area contributed by atoms with Crippen molar-refractivity contribution in [3.05, 3.63) is 23.8 Å². The smallest absolute Gasteiger partial charge is 0.335 e. The molecule has 6 heteroatoms. The Morgan fingerprint density at radius 3 is 2.67 bits per heavy atom. The molecule has 4 N–H and O–H groups in total. The van der Waals surface area contributed by atoms with Crippen LogP contribution in [0.1, 0.15) is 17.3 Å². The lowest BCUT2D eigenvalue weighted by atomic mass is 10.1. The van der Waals surface area contributed by atoms with Gasteiger partial charge >= 0.3 is 5.97 Å². The minimum absolute atomic E-state index is 0.0810. The molecule has 0 atom stereocenters. The van der Waals surface area contributed by atoms with Crippen molar-refractivity contribution >= 4 is 23.3 Å². The number of carbonyl (C=O) groups is 2. The standard InChI is InChI=1S/C12H17N3O3/c1-3-15(2)11(16)7-14-10-6-8(12(17)18)4-5-9(10)13/h4-6,14H,3,7,13H2,1-2H3,(H,17,18). The first kappa shape index (κ1) is 13.8. The van der Waals surface area contributed by atoms with E-state index in [2.05, 4.69) is 5.32 Å². The van der Waals surface area contributed by atoms with Crippen molar-refractivity contribution in [1.82, 2.24) is 4.90 Å². The van der Waals surface area contributed by atoms with Gasteiger partial charge in [-0.05, 0) is 25.1 Å². The number of nitrogens with two attached hydrogens (primary N) is 1. The molecule has 0 saturated heterocycles. The molecule has 6 nitrogen and oxygen atoms in total. The van der Waals surface area contributed by atoms with Gasteiger partial charge in [-0.25, -0.2) is 4.79 Å². The fourth-order valence-electron chi connectivity index (χ4n) is 1.32. The van der Waals surface area contributed by atoms with Gasteiger partial charge in [-0.2, -0.15) is 0 Å². The Morgan fingerprint density at radius 1 is 1.44 bits per heavy atom. The van der Waals surface area contributed by atoms with Gasteiger partial charge in [0.05, 0.1) is 23.5 Å². The molecule has 0 radical (unpaired) electrons. The molecule has 0 saturated carbocycles. The maximum Gasteiger partial charge on any atom is 0.335 e. The van der Waals surface area contributed by atoms with Crippen LogP contribution in [-0.2, 0) is 4.79 Å². The number of amides is 1. The van der Waals surface area contributed by atoms with Crippen molar-refractivity contribution < 1.29 is 14.7 Å². The predicted octanol–water partition coefficient (Wildman–Crippen LogP) is 0.857. The van der Waals surface area contributed by atoms with Crippen molar-refractivity contribution in [2.45, 2.75) is 6.92 Å². The van der Waals surface area contributed by atoms with Gasteiger partial charge in [0.25, 0.3) is 0 Å². The highest BCUT2D eigenvalue weighted by molar-refractivity contribution is 5.91. The van der Waals surface area contributed by atoms with E-state index in [-0.39, 0.29) is 18.0 Å². The van der Waals surface area contributed by atoms with Crippen LogP contribution < -0.4 is 11.1 Å². The largest absolute Gasteiger partial charge is 0.478 e. The minimum atomic E-state index is -1.03. The second-order valence-electron chi connectivity index (χ2n) is 3.87. The summed E-state index contributed by atoms with van der Waals surface area (Å²) in [6.07, 6.45) is 0. The van der Waals surface area contributed by atoms with E-state index in [0.29, 0.717) is 17.9 Å². The van der Waals surface area contributed by atoms with Crippen molar-refractivity contribution in [2.24, 2.45) is 0 Å². The van der Waals surface area contributed by atoms with Crippen molar-refractivity contribution in [3.8, 4) is 0 Å². The number of rotatable bonds is 5. The maximum absolute atomic E-state index is 11.6. The molecule has 1 aromatic carbocycles. The molecule has 0 aliphatic rings. The highest BCUT2D eigenvalue weighted by atomic mass is 16.4. The molecule has 1 rings (SSSR count). The number of nitrogen functional groups attached to an aromatic ring is 1. The number of nitrogens with zero attached hydrogens (tertiary/aromatic N) is 1. The van der Waals surface area contributed by atoms with Crippen molar-refractivity contribution in [3.63, 3.8) is 0 Å². The van der Waals surface area contributed by atoms with Gasteiger partial charge < -0.3 is 21.1 Å². The third-order valence-electron chi connectivity index (χ3n) is 2.63. The summed E-state index contributed by atoms with van der Waals surface area (Å²) in [4.78, 5) is 24.0. The Hall–Kier alpha value is -2.24. The van der Waals surface area contributed by atoms with Gasteiger partial charge in [-0.1, -0.05) is 0 Å². The van der Waals surface area contributed by atoms with Crippen LogP contribution in [0, 0.1) is 0 Å². The average molecular weight is 251 g/mol. The molecule has 0 heterocycles. The van der Waals surface area contributed by atoms with E-state index in [4.69, 9.17) is 10.8 Å². The Balaban J connectivity index is 2.75. The lowest BCUT2D eigenvalue weighted by molar-refractivity contribution is -0.127. The summed E-state index contributed by atoms with van der Waals surface area (Å²) in [6, 6.07) is 4.33. The summed E-state index contributed by atoms with van der Waals surface area (Å²) in [5.41, 5.74) is 6.69. The lowest BCUT2D eigenvalue weighted by Gasteiger charge is -2.16. The topological polar surface area (TPSA) is 95.7 Å². The van der Waals surface area contributed by atoms with Crippen LogP contribution in [0.25, 0.3) is 0 Å². The zero-order valence-electron chi connectivity index (χ0n) is 10.4. The van der Waals surface area contributed by atoms with Crippen LogP contribution in [0.15, 0.2) is 18.2 Å². The second kappa shape index (κ2) is 5.90. The number of carboxylic acid groups (broad SMARTS) is 1. The number of carboxylic acids is 1. The Kier molecular flexibility index (Phi) is 4.53. The van der Waals surface area contributed by atoms with E-state index in [1.54, 1.807) is 11.9 Å². The molecule has 0 unspecified atom stereocenters. The molecule has 0 bridgehead atoms. The molecular formula is C12H17N3O3. The summed E-state index contributed by atoms with van der Waals surface area (Å²) in [6.45, 7) is 2.57. The molecule has 98 valence electrons. The monoisotopic (exact) mass is 251 g/mol. The molecule has 18 heavy (non-hydrogen) atoms. The molecule has 0 aromatic heterocycles. The number of aromatic carboxylic acids is 1. The van der Waals surface area contributed by atoms with Gasteiger partial charge in [-0.3, -0.25) is 4.79 Å². The number of anilines is 2. The number of benzene rings is 1. The number of hydrogen-bond acceptors (Lipinski definition) is 4. The zero-order valence-corrected chi connectivity index (χ0v) is 10.4. The predicted molar refractivity (Wildman–Crippen MR) is 69.6 cm³/mol. The highest BCUT2D eigenvalue weighted by Crippen LogP contribution is 2.19. The minimum Gasteiger partial charge on any atom is -0.478 e. The fourth-order valence-corrected chi connectivity index (χ4v) is 1.32. The normalized spacial score (nSPS) is 9.89. The van der Waals surface area contributed by atoms with Crippen LogP contribution in [0.4, 0.5) is 11.4 Å². The quantitative estimate of drug-likeness (QED) is 0.674. The second-order valence-corrected chi connectivity index (χ2v) is 3.87. The SMILES string of the molecule is CCN(C)C(=O)CNc1cc(C(=O)O)ccc1N. The number of likely N-dealkylation sites (N-methyl/N-ethyl adjacent to an activating group) is 1. The van der Waals surface area contributed by atoms with Gasteiger partial charge in [-0.15, -0.1) is 0 Å². The van der Waals surface area contributed by atoms with Gasteiger partial charge in [0.15, 0.2) is 0 Å². The molecule has 0 fully saturated rings. The summed E-state index contributed by atoms with van der Waals surface area (Å²) >= 11 is 0. The molecular weight excluding hydrogens is 234 g/mol. The summed E-state index contributed by atoms with van der Waals surface area (Å²) in [5.74, 6) is -1.12. The van der Waals surface area contributed by atoms with Gasteiger partial charge in [0, 0.05) is 13.6 Å². The number of carbonyl (C=O) groups excluding carboxylic acids is 1. The summed E-state index contributed by atoms with van der Waals surface area (Å²) < 4.78 is 0. The van der Waals surface area contributed by atoms with E-state index >= 15 is 0 Å². The number of nitrogens with one attached hydrogen (secondary N) is 1. The van der Waals surface area contributed by atoms with Crippen molar-refractivity contribution in [2.75, 3.05) is 31.2 Å². The van der Waals surface area contributed by atoms with E-state index < -0.39 is 5.97 Å². The maximum atomic E-state index is 11.6.